The molecule has 2 rings (SSSR count). The van der Waals surface area contributed by atoms with Gasteiger partial charge in [0.25, 0.3) is 0 Å². The molecular weight excluding hydrogens is 346 g/mol. The quantitative estimate of drug-likeness (QED) is 0.268. The Kier molecular flexibility index (Phi) is 8.04. The molecule has 0 bridgehead atoms. The molecule has 2 fully saturated rings. The van der Waals surface area contributed by atoms with Crippen LogP contribution >= 0.6 is 0 Å². The van der Waals surface area contributed by atoms with Gasteiger partial charge >= 0.3 is 21.2 Å². The maximum absolute atomic E-state index is 11.4. The minimum atomic E-state index is -1.72. The van der Waals surface area contributed by atoms with Crippen molar-refractivity contribution in [3.8, 4) is 0 Å². The third kappa shape index (κ3) is 6.19. The van der Waals surface area contributed by atoms with Crippen LogP contribution in [0.3, 0.4) is 0 Å². The number of ether oxygens (including phenoxy) is 1. The Morgan fingerprint density at radius 3 is 2.80 bits per heavy atom. The number of rotatable bonds is 9. The standard InChI is InChI=1S/C16H27NO7Si/c1-11(16(19)20)10-14(18)22-17-8-5-9-25-23-13-7-4-3-6-12(21-2)15(13)24-25/h12-13,15,17,25H,1,3-10H2,2H3,(H,19,20). The van der Waals surface area contributed by atoms with Crippen molar-refractivity contribution in [1.82, 2.24) is 5.48 Å². The van der Waals surface area contributed by atoms with Gasteiger partial charge in [-0.25, -0.2) is 4.79 Å². The molecule has 2 aliphatic rings. The van der Waals surface area contributed by atoms with Crippen LogP contribution < -0.4 is 5.48 Å². The molecule has 0 spiro atoms. The Morgan fingerprint density at radius 1 is 1.32 bits per heavy atom. The Balaban J connectivity index is 1.61. The minimum absolute atomic E-state index is 0.0528. The molecule has 1 aliphatic heterocycles. The molecule has 9 heteroatoms. The predicted molar refractivity (Wildman–Crippen MR) is 91.1 cm³/mol. The van der Waals surface area contributed by atoms with E-state index in [-0.39, 0.29) is 30.3 Å². The van der Waals surface area contributed by atoms with E-state index in [1.807, 2.05) is 0 Å². The molecule has 8 nitrogen and oxygen atoms in total. The number of fused-ring (bicyclic) bond motifs is 1. The lowest BCUT2D eigenvalue weighted by Crippen LogP contribution is -2.34. The van der Waals surface area contributed by atoms with Gasteiger partial charge in [-0.1, -0.05) is 19.4 Å². The van der Waals surface area contributed by atoms with Gasteiger partial charge in [0.15, 0.2) is 0 Å². The van der Waals surface area contributed by atoms with E-state index in [4.69, 9.17) is 23.5 Å². The largest absolute Gasteiger partial charge is 0.478 e. The van der Waals surface area contributed by atoms with Crippen molar-refractivity contribution >= 4 is 21.2 Å². The summed E-state index contributed by atoms with van der Waals surface area (Å²) in [6, 6.07) is 0.815. The summed E-state index contributed by atoms with van der Waals surface area (Å²) in [4.78, 5) is 26.7. The van der Waals surface area contributed by atoms with E-state index < -0.39 is 21.2 Å². The van der Waals surface area contributed by atoms with Crippen LogP contribution in [0.2, 0.25) is 6.04 Å². The lowest BCUT2D eigenvalue weighted by molar-refractivity contribution is -0.151. The van der Waals surface area contributed by atoms with Crippen molar-refractivity contribution in [2.45, 2.75) is 62.9 Å². The van der Waals surface area contributed by atoms with Crippen molar-refractivity contribution in [3.05, 3.63) is 12.2 Å². The molecule has 1 aliphatic carbocycles. The number of methoxy groups -OCH3 is 1. The molecule has 1 saturated heterocycles. The van der Waals surface area contributed by atoms with Crippen LogP contribution in [0, 0.1) is 0 Å². The number of hydroxylamine groups is 1. The van der Waals surface area contributed by atoms with E-state index in [0.29, 0.717) is 6.54 Å². The van der Waals surface area contributed by atoms with Gasteiger partial charge in [0.1, 0.15) is 0 Å². The molecule has 1 saturated carbocycles. The molecule has 0 amide bonds. The number of nitrogens with one attached hydrogen (secondary N) is 1. The maximum atomic E-state index is 11.4. The van der Waals surface area contributed by atoms with Crippen molar-refractivity contribution in [2.75, 3.05) is 13.7 Å². The average Bonchev–Trinajstić information content (AvgIpc) is 2.87. The number of carbonyl (C=O) groups excluding carboxylic acids is 1. The fourth-order valence-corrected chi connectivity index (χ4v) is 5.38. The first-order chi connectivity index (χ1) is 12.0. The molecule has 0 aromatic heterocycles. The first kappa shape index (κ1) is 20.1. The topological polar surface area (TPSA) is 103 Å². The van der Waals surface area contributed by atoms with Gasteiger partial charge in [-0.3, -0.25) is 4.79 Å². The van der Waals surface area contributed by atoms with Crippen LogP contribution in [0.25, 0.3) is 0 Å². The second-order valence-corrected chi connectivity index (χ2v) is 8.34. The lowest BCUT2D eigenvalue weighted by Gasteiger charge is -2.22. The van der Waals surface area contributed by atoms with Crippen LogP contribution in [-0.4, -0.2) is 58.3 Å². The van der Waals surface area contributed by atoms with Crippen molar-refractivity contribution in [3.63, 3.8) is 0 Å². The van der Waals surface area contributed by atoms with E-state index in [1.165, 1.54) is 0 Å². The number of hydrogen-bond acceptors (Lipinski definition) is 7. The lowest BCUT2D eigenvalue weighted by atomic mass is 10.1. The highest BCUT2D eigenvalue weighted by molar-refractivity contribution is 6.45. The van der Waals surface area contributed by atoms with Crippen LogP contribution in [0.4, 0.5) is 0 Å². The maximum Gasteiger partial charge on any atom is 0.331 e. The van der Waals surface area contributed by atoms with E-state index in [0.717, 1.165) is 38.1 Å². The van der Waals surface area contributed by atoms with Crippen LogP contribution in [0.5, 0.6) is 0 Å². The van der Waals surface area contributed by atoms with E-state index >= 15 is 0 Å². The summed E-state index contributed by atoms with van der Waals surface area (Å²) in [7, 11) is 0.00369. The summed E-state index contributed by atoms with van der Waals surface area (Å²) >= 11 is 0. The van der Waals surface area contributed by atoms with Crippen molar-refractivity contribution in [1.29, 1.82) is 0 Å². The number of hydrogen-bond donors (Lipinski definition) is 2. The third-order valence-corrected chi connectivity index (χ3v) is 6.61. The van der Waals surface area contributed by atoms with Crippen LogP contribution in [-0.2, 0) is 28.0 Å². The van der Waals surface area contributed by atoms with E-state index in [9.17, 15) is 9.59 Å². The van der Waals surface area contributed by atoms with Crippen molar-refractivity contribution in [2.24, 2.45) is 0 Å². The smallest absolute Gasteiger partial charge is 0.331 e. The minimum Gasteiger partial charge on any atom is -0.478 e. The van der Waals surface area contributed by atoms with Crippen molar-refractivity contribution < 1.29 is 33.1 Å². The van der Waals surface area contributed by atoms with Gasteiger partial charge in [-0.15, -0.1) is 0 Å². The zero-order valence-corrected chi connectivity index (χ0v) is 15.7. The molecule has 4 atom stereocenters. The summed E-state index contributed by atoms with van der Waals surface area (Å²) in [5, 5.41) is 8.64. The Bertz CT molecular complexity index is 487. The van der Waals surface area contributed by atoms with E-state index in [2.05, 4.69) is 12.1 Å². The fourth-order valence-electron chi connectivity index (χ4n) is 3.13. The van der Waals surface area contributed by atoms with Crippen LogP contribution in [0.15, 0.2) is 12.2 Å². The first-order valence-electron chi connectivity index (χ1n) is 8.68. The highest BCUT2D eigenvalue weighted by Crippen LogP contribution is 2.32. The molecule has 4 unspecified atom stereocenters. The second kappa shape index (κ2) is 10.0. The fraction of sp³-hybridized carbons (Fsp3) is 0.750. The van der Waals surface area contributed by atoms with Gasteiger partial charge in [-0.2, -0.15) is 5.48 Å². The summed E-state index contributed by atoms with van der Waals surface area (Å²) in [5.41, 5.74) is 2.35. The molecule has 0 aromatic rings. The normalized spacial score (nSPS) is 28.8. The zero-order chi connectivity index (χ0) is 18.2. The van der Waals surface area contributed by atoms with Gasteiger partial charge in [0.05, 0.1) is 24.7 Å². The number of carbonyl (C=O) groups is 2. The molecule has 0 radical (unpaired) electrons. The summed E-state index contributed by atoms with van der Waals surface area (Å²) in [6.45, 7) is 3.74. The van der Waals surface area contributed by atoms with Gasteiger partial charge in [-0.05, 0) is 25.3 Å². The number of aliphatic carboxylic acids is 1. The highest BCUT2D eigenvalue weighted by Gasteiger charge is 2.42. The first-order valence-corrected chi connectivity index (χ1v) is 10.4. The van der Waals surface area contributed by atoms with Gasteiger partial charge in [0.2, 0.25) is 0 Å². The summed E-state index contributed by atoms with van der Waals surface area (Å²) in [6.07, 6.45) is 5.06. The second-order valence-electron chi connectivity index (χ2n) is 6.36. The Morgan fingerprint density at radius 2 is 2.08 bits per heavy atom. The number of carboxylic acid groups (broad SMARTS) is 1. The van der Waals surface area contributed by atoms with E-state index in [1.54, 1.807) is 7.11 Å². The zero-order valence-electron chi connectivity index (χ0n) is 14.6. The Hall–Kier alpha value is -1.26. The predicted octanol–water partition coefficient (Wildman–Crippen LogP) is 1.05. The van der Waals surface area contributed by atoms with Crippen LogP contribution in [0.1, 0.15) is 38.5 Å². The SMILES string of the molecule is C=C(CC(=O)ONCCC[SiH]1OC2CCCCC(OC)C2O1)C(=O)O. The Labute approximate surface area is 149 Å². The van der Waals surface area contributed by atoms with Gasteiger partial charge in [0, 0.05) is 19.2 Å². The summed E-state index contributed by atoms with van der Waals surface area (Å²) in [5.74, 6) is -1.87. The average molecular weight is 373 g/mol. The highest BCUT2D eigenvalue weighted by atomic mass is 28.3. The monoisotopic (exact) mass is 373 g/mol. The number of carboxylic acids is 1. The molecule has 25 heavy (non-hydrogen) atoms. The molecular formula is C16H27NO7Si. The molecule has 2 N–H and O–H groups in total. The third-order valence-electron chi connectivity index (χ3n) is 4.46. The molecule has 1 heterocycles. The summed E-state index contributed by atoms with van der Waals surface area (Å²) < 4.78 is 17.8. The molecule has 142 valence electrons. The van der Waals surface area contributed by atoms with Gasteiger partial charge < -0.3 is 23.5 Å². The molecule has 0 aromatic carbocycles.